The first-order valence-corrected chi connectivity index (χ1v) is 8.72. The molecule has 2 N–H and O–H groups in total. The SMILES string of the molecule is CCCNC(=O)CNC(=O)COC(=O)CN1C(=O)CCOc2ccccc21. The Hall–Kier alpha value is -3.10. The molecule has 0 saturated carbocycles. The van der Waals surface area contributed by atoms with Crippen LogP contribution < -0.4 is 20.3 Å². The molecule has 0 bridgehead atoms. The molecule has 0 aromatic heterocycles. The number of hydrogen-bond acceptors (Lipinski definition) is 6. The maximum Gasteiger partial charge on any atom is 0.326 e. The lowest BCUT2D eigenvalue weighted by molar-refractivity contribution is -0.147. The van der Waals surface area contributed by atoms with Crippen LogP contribution in [0, 0.1) is 0 Å². The number of para-hydroxylation sites is 2. The Morgan fingerprint density at radius 2 is 1.96 bits per heavy atom. The van der Waals surface area contributed by atoms with Gasteiger partial charge in [0, 0.05) is 6.54 Å². The van der Waals surface area contributed by atoms with Crippen molar-refractivity contribution in [3.8, 4) is 5.75 Å². The highest BCUT2D eigenvalue weighted by Crippen LogP contribution is 2.30. The van der Waals surface area contributed by atoms with E-state index in [-0.39, 0.29) is 37.9 Å². The second-order valence-corrected chi connectivity index (χ2v) is 5.83. The zero-order valence-electron chi connectivity index (χ0n) is 15.2. The van der Waals surface area contributed by atoms with Crippen LogP contribution in [-0.4, -0.2) is 56.5 Å². The van der Waals surface area contributed by atoms with Crippen LogP contribution in [0.4, 0.5) is 5.69 Å². The highest BCUT2D eigenvalue weighted by atomic mass is 16.5. The standard InChI is InChI=1S/C18H23N3O6/c1-2-8-19-15(22)10-20-16(23)12-27-18(25)11-21-13-5-3-4-6-14(13)26-9-7-17(21)24/h3-6H,2,7-12H2,1H3,(H,19,22)(H,20,23). The number of hydrogen-bond donors (Lipinski definition) is 2. The number of carbonyl (C=O) groups is 4. The Balaban J connectivity index is 1.82. The van der Waals surface area contributed by atoms with Crippen molar-refractivity contribution in [1.82, 2.24) is 10.6 Å². The van der Waals surface area contributed by atoms with E-state index in [9.17, 15) is 19.2 Å². The van der Waals surface area contributed by atoms with Crippen molar-refractivity contribution in [3.63, 3.8) is 0 Å². The Morgan fingerprint density at radius 1 is 1.19 bits per heavy atom. The number of fused-ring (bicyclic) bond motifs is 1. The van der Waals surface area contributed by atoms with Gasteiger partial charge in [-0.3, -0.25) is 24.1 Å². The van der Waals surface area contributed by atoms with Crippen molar-refractivity contribution < 1.29 is 28.7 Å². The number of nitrogens with one attached hydrogen (secondary N) is 2. The summed E-state index contributed by atoms with van der Waals surface area (Å²) in [6, 6.07) is 6.89. The minimum Gasteiger partial charge on any atom is -0.491 e. The van der Waals surface area contributed by atoms with E-state index in [1.165, 1.54) is 4.90 Å². The fraction of sp³-hybridized carbons (Fsp3) is 0.444. The van der Waals surface area contributed by atoms with Gasteiger partial charge in [0.2, 0.25) is 11.8 Å². The summed E-state index contributed by atoms with van der Waals surface area (Å²) in [6.07, 6.45) is 0.927. The number of nitrogens with zero attached hydrogens (tertiary/aromatic N) is 1. The molecule has 0 radical (unpaired) electrons. The van der Waals surface area contributed by atoms with Gasteiger partial charge in [-0.05, 0) is 18.6 Å². The van der Waals surface area contributed by atoms with Gasteiger partial charge in [0.15, 0.2) is 6.61 Å². The van der Waals surface area contributed by atoms with Crippen LogP contribution >= 0.6 is 0 Å². The molecule has 0 aliphatic carbocycles. The minimum atomic E-state index is -0.731. The van der Waals surface area contributed by atoms with Crippen molar-refractivity contribution in [2.45, 2.75) is 19.8 Å². The Bertz CT molecular complexity index is 706. The summed E-state index contributed by atoms with van der Waals surface area (Å²) < 4.78 is 10.4. The van der Waals surface area contributed by atoms with Gasteiger partial charge in [0.05, 0.1) is 25.3 Å². The van der Waals surface area contributed by atoms with E-state index in [1.807, 2.05) is 6.92 Å². The molecule has 0 spiro atoms. The van der Waals surface area contributed by atoms with Crippen LogP contribution in [0.25, 0.3) is 0 Å². The van der Waals surface area contributed by atoms with Crippen LogP contribution in [0.3, 0.4) is 0 Å². The van der Waals surface area contributed by atoms with Gasteiger partial charge in [0.1, 0.15) is 12.3 Å². The molecule has 1 aliphatic rings. The van der Waals surface area contributed by atoms with Crippen molar-refractivity contribution >= 4 is 29.4 Å². The van der Waals surface area contributed by atoms with Crippen molar-refractivity contribution in [3.05, 3.63) is 24.3 Å². The number of ether oxygens (including phenoxy) is 2. The van der Waals surface area contributed by atoms with Gasteiger partial charge in [0.25, 0.3) is 5.91 Å². The van der Waals surface area contributed by atoms with Crippen LogP contribution in [0.15, 0.2) is 24.3 Å². The molecule has 1 heterocycles. The third kappa shape index (κ3) is 6.28. The Kier molecular flexibility index (Phi) is 7.60. The number of esters is 1. The minimum absolute atomic E-state index is 0.134. The zero-order chi connectivity index (χ0) is 19.6. The van der Waals surface area contributed by atoms with Gasteiger partial charge < -0.3 is 20.1 Å². The molecule has 1 aromatic rings. The first-order valence-electron chi connectivity index (χ1n) is 8.72. The molecule has 9 nitrogen and oxygen atoms in total. The Labute approximate surface area is 157 Å². The molecular formula is C18H23N3O6. The second kappa shape index (κ2) is 10.1. The zero-order valence-corrected chi connectivity index (χ0v) is 15.2. The first kappa shape index (κ1) is 20.2. The molecule has 27 heavy (non-hydrogen) atoms. The fourth-order valence-electron chi connectivity index (χ4n) is 2.37. The van der Waals surface area contributed by atoms with E-state index in [1.54, 1.807) is 24.3 Å². The molecule has 0 unspecified atom stereocenters. The number of anilines is 1. The summed E-state index contributed by atoms with van der Waals surface area (Å²) in [7, 11) is 0. The lowest BCUT2D eigenvalue weighted by Crippen LogP contribution is -2.40. The molecule has 9 heteroatoms. The van der Waals surface area contributed by atoms with E-state index in [4.69, 9.17) is 9.47 Å². The second-order valence-electron chi connectivity index (χ2n) is 5.83. The smallest absolute Gasteiger partial charge is 0.326 e. The van der Waals surface area contributed by atoms with Crippen molar-refractivity contribution in [2.24, 2.45) is 0 Å². The molecule has 1 aliphatic heterocycles. The lowest BCUT2D eigenvalue weighted by Gasteiger charge is -2.20. The topological polar surface area (TPSA) is 114 Å². The maximum absolute atomic E-state index is 12.2. The Morgan fingerprint density at radius 3 is 2.74 bits per heavy atom. The van der Waals surface area contributed by atoms with Crippen LogP contribution in [-0.2, 0) is 23.9 Å². The monoisotopic (exact) mass is 377 g/mol. The molecule has 0 saturated heterocycles. The quantitative estimate of drug-likeness (QED) is 0.616. The number of rotatable bonds is 8. The average Bonchev–Trinajstić information content (AvgIpc) is 2.82. The van der Waals surface area contributed by atoms with Gasteiger partial charge in [-0.1, -0.05) is 19.1 Å². The van der Waals surface area contributed by atoms with E-state index in [0.29, 0.717) is 18.0 Å². The third-order valence-electron chi connectivity index (χ3n) is 3.70. The molecule has 3 amide bonds. The first-order chi connectivity index (χ1) is 13.0. The van der Waals surface area contributed by atoms with Crippen LogP contribution in [0.5, 0.6) is 5.75 Å². The number of amides is 3. The predicted octanol–water partition coefficient (Wildman–Crippen LogP) is -0.0123. The summed E-state index contributed by atoms with van der Waals surface area (Å²) in [5.74, 6) is -1.41. The number of benzene rings is 1. The van der Waals surface area contributed by atoms with Crippen LogP contribution in [0.1, 0.15) is 19.8 Å². The molecule has 0 fully saturated rings. The van der Waals surface area contributed by atoms with Gasteiger partial charge in [-0.25, -0.2) is 0 Å². The normalized spacial score (nSPS) is 13.1. The largest absolute Gasteiger partial charge is 0.491 e. The fourth-order valence-corrected chi connectivity index (χ4v) is 2.37. The van der Waals surface area contributed by atoms with Gasteiger partial charge in [-0.2, -0.15) is 0 Å². The predicted molar refractivity (Wildman–Crippen MR) is 96.2 cm³/mol. The van der Waals surface area contributed by atoms with Crippen molar-refractivity contribution in [2.75, 3.05) is 37.7 Å². The summed E-state index contributed by atoms with van der Waals surface area (Å²) in [4.78, 5) is 48.6. The summed E-state index contributed by atoms with van der Waals surface area (Å²) in [5.41, 5.74) is 0.481. The average molecular weight is 377 g/mol. The lowest BCUT2D eigenvalue weighted by atomic mass is 10.2. The summed E-state index contributed by atoms with van der Waals surface area (Å²) in [6.45, 7) is 1.62. The van der Waals surface area contributed by atoms with E-state index in [2.05, 4.69) is 10.6 Å². The molecular weight excluding hydrogens is 354 g/mol. The van der Waals surface area contributed by atoms with Crippen LogP contribution in [0.2, 0.25) is 0 Å². The highest BCUT2D eigenvalue weighted by molar-refractivity contribution is 5.99. The molecule has 2 rings (SSSR count). The molecule has 1 aromatic carbocycles. The van der Waals surface area contributed by atoms with Gasteiger partial charge >= 0.3 is 5.97 Å². The summed E-state index contributed by atoms with van der Waals surface area (Å²) >= 11 is 0. The maximum atomic E-state index is 12.2. The summed E-state index contributed by atoms with van der Waals surface area (Å²) in [5, 5.41) is 4.97. The molecule has 0 atom stereocenters. The van der Waals surface area contributed by atoms with Crippen molar-refractivity contribution in [1.29, 1.82) is 0 Å². The molecule has 146 valence electrons. The van der Waals surface area contributed by atoms with E-state index >= 15 is 0 Å². The van der Waals surface area contributed by atoms with E-state index in [0.717, 1.165) is 6.42 Å². The highest BCUT2D eigenvalue weighted by Gasteiger charge is 2.25. The van der Waals surface area contributed by atoms with Gasteiger partial charge in [-0.15, -0.1) is 0 Å². The van der Waals surface area contributed by atoms with E-state index < -0.39 is 18.5 Å². The third-order valence-corrected chi connectivity index (χ3v) is 3.70. The number of carbonyl (C=O) groups excluding carboxylic acids is 4.